The Morgan fingerprint density at radius 2 is 1.76 bits per heavy atom. The van der Waals surface area contributed by atoms with Crippen LogP contribution >= 0.6 is 0 Å². The number of nitrogens with zero attached hydrogens (tertiary/aromatic N) is 5. The molecule has 0 spiro atoms. The van der Waals surface area contributed by atoms with E-state index in [-0.39, 0.29) is 12.3 Å². The molecule has 0 aromatic heterocycles. The largest absolute Gasteiger partial charge is 0.497 e. The van der Waals surface area contributed by atoms with Crippen molar-refractivity contribution in [2.24, 2.45) is 4.99 Å². The van der Waals surface area contributed by atoms with Crippen LogP contribution in [0.1, 0.15) is 17.3 Å². The fourth-order valence-corrected chi connectivity index (χ4v) is 4.41. The van der Waals surface area contributed by atoms with Gasteiger partial charge < -0.3 is 14.5 Å². The summed E-state index contributed by atoms with van der Waals surface area (Å²) in [6.07, 6.45) is 1.18. The summed E-state index contributed by atoms with van der Waals surface area (Å²) in [7, 11) is 3.21. The molecule has 9 heteroatoms. The van der Waals surface area contributed by atoms with E-state index in [2.05, 4.69) is 0 Å². The number of anilines is 1. The van der Waals surface area contributed by atoms with Gasteiger partial charge in [0.2, 0.25) is 5.96 Å². The molecule has 168 valence electrons. The van der Waals surface area contributed by atoms with E-state index < -0.39 is 24.1 Å². The van der Waals surface area contributed by atoms with Gasteiger partial charge in [-0.3, -0.25) is 19.4 Å². The number of rotatable bonds is 5. The third-order valence-electron chi connectivity index (χ3n) is 6.12. The molecule has 2 aromatic rings. The highest BCUT2D eigenvalue weighted by Gasteiger charge is 2.54. The van der Waals surface area contributed by atoms with Gasteiger partial charge in [0.1, 0.15) is 5.75 Å². The molecule has 2 aromatic carbocycles. The summed E-state index contributed by atoms with van der Waals surface area (Å²) in [4.78, 5) is 50.1. The summed E-state index contributed by atoms with van der Waals surface area (Å²) >= 11 is 0. The van der Waals surface area contributed by atoms with Crippen LogP contribution in [0.5, 0.6) is 5.75 Å². The Hall–Kier alpha value is -4.14. The van der Waals surface area contributed by atoms with Gasteiger partial charge >= 0.3 is 6.03 Å². The first-order chi connectivity index (χ1) is 15.9. The number of fused-ring (bicyclic) bond motifs is 3. The minimum absolute atomic E-state index is 0.295. The second-order valence-corrected chi connectivity index (χ2v) is 8.11. The molecule has 33 heavy (non-hydrogen) atoms. The van der Waals surface area contributed by atoms with Crippen molar-refractivity contribution in [3.8, 4) is 5.75 Å². The molecule has 2 unspecified atom stereocenters. The minimum atomic E-state index is -0.732. The maximum atomic E-state index is 13.5. The second-order valence-electron chi connectivity index (χ2n) is 8.11. The smallest absolute Gasteiger partial charge is 0.328 e. The van der Waals surface area contributed by atoms with Crippen molar-refractivity contribution in [2.75, 3.05) is 25.6 Å². The lowest BCUT2D eigenvalue weighted by Gasteiger charge is -2.39. The van der Waals surface area contributed by atoms with Gasteiger partial charge in [-0.2, -0.15) is 0 Å². The Bertz CT molecular complexity index is 1190. The lowest BCUT2D eigenvalue weighted by atomic mass is 10.1. The number of allylic oxidation sites excluding steroid dienone is 1. The molecule has 9 nitrogen and oxygen atoms in total. The van der Waals surface area contributed by atoms with E-state index in [1.54, 1.807) is 49.4 Å². The van der Waals surface area contributed by atoms with Crippen molar-refractivity contribution in [1.29, 1.82) is 0 Å². The van der Waals surface area contributed by atoms with Gasteiger partial charge in [0.05, 0.1) is 13.7 Å². The molecule has 3 aliphatic rings. The SMILES string of the molecule is COc1ccc(N2C(C)=CN3C2=NC2C3C(=O)N(CC(=O)c3ccccc3)C(=O)N2C)cc1. The molecular weight excluding hydrogens is 422 g/mol. The first-order valence-electron chi connectivity index (χ1n) is 10.6. The van der Waals surface area contributed by atoms with Gasteiger partial charge in [-0.1, -0.05) is 30.3 Å². The molecule has 1 saturated heterocycles. The fraction of sp³-hybridized carbons (Fsp3) is 0.250. The number of carbonyl (C=O) groups is 3. The molecule has 2 atom stereocenters. The summed E-state index contributed by atoms with van der Waals surface area (Å²) in [5, 5.41) is 0. The highest BCUT2D eigenvalue weighted by atomic mass is 16.5. The molecule has 0 bridgehead atoms. The third kappa shape index (κ3) is 3.24. The van der Waals surface area contributed by atoms with Crippen LogP contribution in [0.3, 0.4) is 0 Å². The molecule has 3 heterocycles. The highest BCUT2D eigenvalue weighted by molar-refractivity contribution is 6.11. The Morgan fingerprint density at radius 3 is 2.42 bits per heavy atom. The van der Waals surface area contributed by atoms with E-state index in [9.17, 15) is 14.4 Å². The Kier molecular flexibility index (Phi) is 4.88. The van der Waals surface area contributed by atoms with Crippen LogP contribution in [0.2, 0.25) is 0 Å². The summed E-state index contributed by atoms with van der Waals surface area (Å²) in [6.45, 7) is 1.61. The summed E-state index contributed by atoms with van der Waals surface area (Å²) in [5.74, 6) is 0.567. The third-order valence-corrected chi connectivity index (χ3v) is 6.12. The van der Waals surface area contributed by atoms with E-state index in [1.807, 2.05) is 42.3 Å². The molecule has 3 amide bonds. The predicted molar refractivity (Wildman–Crippen MR) is 122 cm³/mol. The maximum absolute atomic E-state index is 13.5. The first kappa shape index (κ1) is 20.7. The van der Waals surface area contributed by atoms with Gasteiger partial charge in [-0.25, -0.2) is 9.79 Å². The first-order valence-corrected chi connectivity index (χ1v) is 10.6. The van der Waals surface area contributed by atoms with Crippen molar-refractivity contribution >= 4 is 29.4 Å². The number of ketones is 1. The Labute approximate surface area is 191 Å². The van der Waals surface area contributed by atoms with Gasteiger partial charge in [-0.15, -0.1) is 0 Å². The van der Waals surface area contributed by atoms with Crippen molar-refractivity contribution in [3.63, 3.8) is 0 Å². The Balaban J connectivity index is 1.43. The quantitative estimate of drug-likeness (QED) is 0.658. The number of urea groups is 1. The van der Waals surface area contributed by atoms with Crippen LogP contribution < -0.4 is 9.64 Å². The van der Waals surface area contributed by atoms with E-state index in [1.165, 1.54) is 4.90 Å². The Morgan fingerprint density at radius 1 is 1.06 bits per heavy atom. The number of imide groups is 1. The summed E-state index contributed by atoms with van der Waals surface area (Å²) in [6, 6.07) is 14.9. The number of hydrogen-bond donors (Lipinski definition) is 0. The zero-order valence-corrected chi connectivity index (χ0v) is 18.5. The van der Waals surface area contributed by atoms with Crippen LogP contribution in [-0.4, -0.2) is 71.3 Å². The van der Waals surface area contributed by atoms with E-state index in [4.69, 9.17) is 9.73 Å². The van der Waals surface area contributed by atoms with Gasteiger partial charge in [-0.05, 0) is 31.2 Å². The molecule has 1 fully saturated rings. The zero-order valence-electron chi connectivity index (χ0n) is 18.5. The number of methoxy groups -OCH3 is 1. The molecule has 3 aliphatic heterocycles. The number of Topliss-reactive ketones (excluding diaryl/α,β-unsaturated/α-hetero) is 1. The molecule has 5 rings (SSSR count). The molecule has 0 saturated carbocycles. The number of ether oxygens (including phenoxy) is 1. The molecular formula is C24H23N5O4. The van der Waals surface area contributed by atoms with Crippen molar-refractivity contribution < 1.29 is 19.1 Å². The number of carbonyl (C=O) groups excluding carboxylic acids is 3. The summed E-state index contributed by atoms with van der Waals surface area (Å²) in [5.41, 5.74) is 2.20. The highest BCUT2D eigenvalue weighted by Crippen LogP contribution is 2.36. The van der Waals surface area contributed by atoms with E-state index >= 15 is 0 Å². The van der Waals surface area contributed by atoms with Gasteiger partial charge in [0, 0.05) is 30.2 Å². The van der Waals surface area contributed by atoms with Gasteiger partial charge in [0.15, 0.2) is 18.0 Å². The molecule has 0 aliphatic carbocycles. The predicted octanol–water partition coefficient (Wildman–Crippen LogP) is 2.52. The van der Waals surface area contributed by atoms with Crippen LogP contribution in [0, 0.1) is 0 Å². The average molecular weight is 445 g/mol. The number of guanidine groups is 1. The zero-order chi connectivity index (χ0) is 23.3. The standard InChI is InChI=1S/C24H23N5O4/c1-15-13-27-20-21(25-23(27)29(15)17-9-11-18(33-3)12-10-17)26(2)24(32)28(22(20)31)14-19(30)16-7-5-4-6-8-16/h4-13,20-21H,14H2,1-3H3. The number of hydrogen-bond acceptors (Lipinski definition) is 7. The average Bonchev–Trinajstić information content (AvgIpc) is 3.35. The van der Waals surface area contributed by atoms with Crippen LogP contribution in [0.25, 0.3) is 0 Å². The number of benzene rings is 2. The van der Waals surface area contributed by atoms with E-state index in [0.717, 1.165) is 22.0 Å². The second kappa shape index (κ2) is 7.77. The lowest BCUT2D eigenvalue weighted by Crippen LogP contribution is -2.65. The van der Waals surface area contributed by atoms with Crippen LogP contribution in [-0.2, 0) is 4.79 Å². The summed E-state index contributed by atoms with van der Waals surface area (Å²) < 4.78 is 5.24. The molecule has 0 N–H and O–H groups in total. The fourth-order valence-electron chi connectivity index (χ4n) is 4.41. The maximum Gasteiger partial charge on any atom is 0.328 e. The van der Waals surface area contributed by atoms with E-state index in [0.29, 0.717) is 11.5 Å². The van der Waals surface area contributed by atoms with Crippen molar-refractivity contribution in [1.82, 2.24) is 14.7 Å². The van der Waals surface area contributed by atoms with Gasteiger partial charge in [0.25, 0.3) is 5.91 Å². The minimum Gasteiger partial charge on any atom is -0.497 e. The number of aliphatic imine (C=N–C) groups is 1. The van der Waals surface area contributed by atoms with Crippen LogP contribution in [0.4, 0.5) is 10.5 Å². The van der Waals surface area contributed by atoms with Crippen LogP contribution in [0.15, 0.2) is 71.5 Å². The number of likely N-dealkylation sites (N-methyl/N-ethyl adjacent to an activating group) is 1. The van der Waals surface area contributed by atoms with Crippen molar-refractivity contribution in [2.45, 2.75) is 19.1 Å². The normalized spacial score (nSPS) is 21.7. The lowest BCUT2D eigenvalue weighted by molar-refractivity contribution is -0.136. The van der Waals surface area contributed by atoms with Crippen molar-refractivity contribution in [3.05, 3.63) is 72.1 Å². The monoisotopic (exact) mass is 445 g/mol. The molecule has 0 radical (unpaired) electrons. The number of amides is 3. The topological polar surface area (TPSA) is 85.8 Å².